The molecule has 0 saturated carbocycles. The zero-order chi connectivity index (χ0) is 19.3. The highest BCUT2D eigenvalue weighted by molar-refractivity contribution is 6.30. The van der Waals surface area contributed by atoms with Gasteiger partial charge in [0.15, 0.2) is 0 Å². The van der Waals surface area contributed by atoms with Gasteiger partial charge in [-0.15, -0.1) is 0 Å². The first-order chi connectivity index (χ1) is 12.4. The van der Waals surface area contributed by atoms with E-state index in [1.165, 1.54) is 13.3 Å². The third-order valence-corrected chi connectivity index (χ3v) is 3.87. The fraction of sp³-hybridized carbons (Fsp3) is 0.353. The molecule has 0 radical (unpaired) electrons. The Hall–Kier alpha value is -2.74. The van der Waals surface area contributed by atoms with Gasteiger partial charge in [0.1, 0.15) is 22.6 Å². The molecule has 1 unspecified atom stereocenters. The largest absolute Gasteiger partial charge is 0.513 e. The van der Waals surface area contributed by atoms with E-state index < -0.39 is 18.2 Å². The molecule has 1 aromatic rings. The molecular formula is C17H19ClN2O6. The fourth-order valence-electron chi connectivity index (χ4n) is 2.49. The minimum Gasteiger partial charge on any atom is -0.437 e. The van der Waals surface area contributed by atoms with Crippen LogP contribution in [0.2, 0.25) is 5.15 Å². The first kappa shape index (κ1) is 19.6. The number of carbonyl (C=O) groups excluding carboxylic acids is 2. The lowest BCUT2D eigenvalue weighted by molar-refractivity contribution is 0.0696. The molecule has 0 saturated heterocycles. The van der Waals surface area contributed by atoms with E-state index in [1.807, 2.05) is 0 Å². The maximum absolute atomic E-state index is 11.9. The molecule has 1 atom stereocenters. The van der Waals surface area contributed by atoms with Crippen LogP contribution in [0, 0.1) is 0 Å². The quantitative estimate of drug-likeness (QED) is 0.619. The number of rotatable bonds is 4. The van der Waals surface area contributed by atoms with Crippen LogP contribution >= 0.6 is 11.6 Å². The molecule has 2 heterocycles. The van der Waals surface area contributed by atoms with Crippen LogP contribution in [0.25, 0.3) is 0 Å². The van der Waals surface area contributed by atoms with Gasteiger partial charge in [0.2, 0.25) is 0 Å². The highest BCUT2D eigenvalue weighted by atomic mass is 35.5. The van der Waals surface area contributed by atoms with Crippen LogP contribution in [0.4, 0.5) is 9.59 Å². The number of methoxy groups -OCH3 is 1. The third-order valence-electron chi connectivity index (χ3n) is 3.55. The van der Waals surface area contributed by atoms with Crippen molar-refractivity contribution in [1.29, 1.82) is 0 Å². The number of hydrogen-bond donors (Lipinski definition) is 1. The number of allylic oxidation sites excluding steroid dienone is 2. The van der Waals surface area contributed by atoms with Crippen LogP contribution in [0.1, 0.15) is 32.3 Å². The highest BCUT2D eigenvalue weighted by Crippen LogP contribution is 2.41. The van der Waals surface area contributed by atoms with Crippen molar-refractivity contribution in [1.82, 2.24) is 10.3 Å². The number of halogens is 1. The standard InChI is InChI=1S/C17H19ClN2O6/c1-5-24-17(22)26-14-10(3)20-9(2)13(25-16(21)23-4)12(14)11-7-6-8-19-15(11)18/h6-8,12,20H,5H2,1-4H3. The molecule has 0 aromatic carbocycles. The van der Waals surface area contributed by atoms with Gasteiger partial charge in [0.25, 0.3) is 0 Å². The van der Waals surface area contributed by atoms with Gasteiger partial charge >= 0.3 is 12.3 Å². The first-order valence-electron chi connectivity index (χ1n) is 7.78. The molecule has 1 N–H and O–H groups in total. The lowest BCUT2D eigenvalue weighted by atomic mass is 9.91. The normalized spacial score (nSPS) is 16.7. The van der Waals surface area contributed by atoms with Crippen LogP contribution in [0.5, 0.6) is 0 Å². The smallest absolute Gasteiger partial charge is 0.437 e. The summed E-state index contributed by atoms with van der Waals surface area (Å²) in [5.74, 6) is -0.430. The molecule has 0 bridgehead atoms. The molecule has 2 rings (SSSR count). The van der Waals surface area contributed by atoms with E-state index in [-0.39, 0.29) is 23.3 Å². The Morgan fingerprint density at radius 3 is 2.35 bits per heavy atom. The summed E-state index contributed by atoms with van der Waals surface area (Å²) < 4.78 is 20.1. The second-order valence-electron chi connectivity index (χ2n) is 5.26. The van der Waals surface area contributed by atoms with Gasteiger partial charge in [-0.25, -0.2) is 14.6 Å². The van der Waals surface area contributed by atoms with Gasteiger partial charge in [-0.05, 0) is 26.8 Å². The van der Waals surface area contributed by atoms with Crippen molar-refractivity contribution >= 4 is 23.9 Å². The summed E-state index contributed by atoms with van der Waals surface area (Å²) in [6.45, 7) is 5.23. The van der Waals surface area contributed by atoms with E-state index >= 15 is 0 Å². The summed E-state index contributed by atoms with van der Waals surface area (Å²) in [6.07, 6.45) is -0.279. The Morgan fingerprint density at radius 1 is 1.19 bits per heavy atom. The van der Waals surface area contributed by atoms with Gasteiger partial charge in [0, 0.05) is 11.8 Å². The maximum Gasteiger partial charge on any atom is 0.513 e. The van der Waals surface area contributed by atoms with Crippen molar-refractivity contribution in [3.05, 3.63) is 52.0 Å². The summed E-state index contributed by atoms with van der Waals surface area (Å²) in [6, 6.07) is 3.37. The van der Waals surface area contributed by atoms with Crippen molar-refractivity contribution in [3.63, 3.8) is 0 Å². The topological polar surface area (TPSA) is 96.0 Å². The Bertz CT molecular complexity index is 774. The van der Waals surface area contributed by atoms with Gasteiger partial charge in [-0.1, -0.05) is 17.7 Å². The number of pyridine rings is 1. The number of dihydropyridines is 1. The van der Waals surface area contributed by atoms with Crippen molar-refractivity contribution in [2.24, 2.45) is 0 Å². The van der Waals surface area contributed by atoms with Crippen LogP contribution in [-0.2, 0) is 18.9 Å². The Morgan fingerprint density at radius 2 is 1.81 bits per heavy atom. The molecule has 26 heavy (non-hydrogen) atoms. The lowest BCUT2D eigenvalue weighted by Gasteiger charge is -2.30. The van der Waals surface area contributed by atoms with Gasteiger partial charge in [0.05, 0.1) is 25.1 Å². The summed E-state index contributed by atoms with van der Waals surface area (Å²) in [7, 11) is 1.19. The zero-order valence-corrected chi connectivity index (χ0v) is 15.5. The van der Waals surface area contributed by atoms with Gasteiger partial charge < -0.3 is 24.3 Å². The van der Waals surface area contributed by atoms with Crippen molar-refractivity contribution in [2.75, 3.05) is 13.7 Å². The number of ether oxygens (including phenoxy) is 4. The molecule has 0 aliphatic carbocycles. The van der Waals surface area contributed by atoms with E-state index in [4.69, 9.17) is 25.8 Å². The van der Waals surface area contributed by atoms with Crippen molar-refractivity contribution < 1.29 is 28.5 Å². The second-order valence-corrected chi connectivity index (χ2v) is 5.62. The van der Waals surface area contributed by atoms with Gasteiger partial charge in [-0.3, -0.25) is 0 Å². The average molecular weight is 383 g/mol. The van der Waals surface area contributed by atoms with E-state index in [0.717, 1.165) is 0 Å². The fourth-order valence-corrected chi connectivity index (χ4v) is 2.72. The molecule has 140 valence electrons. The summed E-state index contributed by atoms with van der Waals surface area (Å²) in [5, 5.41) is 3.18. The highest BCUT2D eigenvalue weighted by Gasteiger charge is 2.36. The molecule has 1 aliphatic heterocycles. The molecule has 0 spiro atoms. The zero-order valence-electron chi connectivity index (χ0n) is 14.8. The predicted molar refractivity (Wildman–Crippen MR) is 92.1 cm³/mol. The molecule has 0 amide bonds. The van der Waals surface area contributed by atoms with Crippen molar-refractivity contribution in [2.45, 2.75) is 26.7 Å². The first-order valence-corrected chi connectivity index (χ1v) is 8.16. The van der Waals surface area contributed by atoms with E-state index in [0.29, 0.717) is 17.0 Å². The SMILES string of the molecule is CCOC(=O)OC1=C(C)NC(C)=C(OC(=O)OC)C1c1cccnc1Cl. The molecular weight excluding hydrogens is 364 g/mol. The Balaban J connectivity index is 2.54. The predicted octanol–water partition coefficient (Wildman–Crippen LogP) is 3.84. The van der Waals surface area contributed by atoms with Crippen LogP contribution in [0.3, 0.4) is 0 Å². The molecule has 1 aliphatic rings. The minimum absolute atomic E-state index is 0.150. The number of hydrogen-bond acceptors (Lipinski definition) is 8. The Kier molecular flexibility index (Phi) is 6.46. The van der Waals surface area contributed by atoms with E-state index in [2.05, 4.69) is 15.0 Å². The molecule has 1 aromatic heterocycles. The van der Waals surface area contributed by atoms with Gasteiger partial charge in [-0.2, -0.15) is 0 Å². The molecule has 9 heteroatoms. The number of nitrogens with one attached hydrogen (secondary N) is 1. The van der Waals surface area contributed by atoms with Crippen LogP contribution in [-0.4, -0.2) is 31.0 Å². The maximum atomic E-state index is 11.9. The number of aromatic nitrogens is 1. The summed E-state index contributed by atoms with van der Waals surface area (Å²) in [4.78, 5) is 27.6. The minimum atomic E-state index is -0.916. The summed E-state index contributed by atoms with van der Waals surface area (Å²) >= 11 is 6.23. The Labute approximate surface area is 155 Å². The van der Waals surface area contributed by atoms with Crippen molar-refractivity contribution in [3.8, 4) is 0 Å². The number of nitrogens with zero attached hydrogens (tertiary/aromatic N) is 1. The van der Waals surface area contributed by atoms with Crippen LogP contribution in [0.15, 0.2) is 41.2 Å². The average Bonchev–Trinajstić information content (AvgIpc) is 2.60. The molecule has 0 fully saturated rings. The monoisotopic (exact) mass is 382 g/mol. The summed E-state index contributed by atoms with van der Waals surface area (Å²) in [5.41, 5.74) is 1.57. The second kappa shape index (κ2) is 8.57. The van der Waals surface area contributed by atoms with Crippen LogP contribution < -0.4 is 5.32 Å². The van der Waals surface area contributed by atoms with E-state index in [9.17, 15) is 9.59 Å². The van der Waals surface area contributed by atoms with E-state index in [1.54, 1.807) is 32.9 Å². The molecule has 8 nitrogen and oxygen atoms in total. The lowest BCUT2D eigenvalue weighted by Crippen LogP contribution is -2.29. The third kappa shape index (κ3) is 4.26. The number of carbonyl (C=O) groups is 2.